The van der Waals surface area contributed by atoms with E-state index in [1.807, 2.05) is 0 Å². The third-order valence-corrected chi connectivity index (χ3v) is 3.79. The molecule has 5 heteroatoms. The fourth-order valence-electron chi connectivity index (χ4n) is 2.64. The molecule has 0 bridgehead atoms. The quantitative estimate of drug-likeness (QED) is 0.820. The molecular formula is C16H14F2N2O. The highest BCUT2D eigenvalue weighted by atomic mass is 19.1. The van der Waals surface area contributed by atoms with Crippen molar-refractivity contribution in [2.45, 2.75) is 13.3 Å². The van der Waals surface area contributed by atoms with Gasteiger partial charge in [-0.1, -0.05) is 6.07 Å². The van der Waals surface area contributed by atoms with E-state index in [1.165, 1.54) is 17.9 Å². The van der Waals surface area contributed by atoms with Crippen LogP contribution in [-0.4, -0.2) is 12.5 Å². The van der Waals surface area contributed by atoms with Gasteiger partial charge in [0, 0.05) is 29.5 Å². The smallest absolute Gasteiger partial charge is 0.261 e. The van der Waals surface area contributed by atoms with E-state index in [0.717, 1.165) is 11.6 Å². The Bertz CT molecular complexity index is 743. The number of carbonyl (C=O) groups excluding carboxylic acids is 1. The molecule has 0 radical (unpaired) electrons. The average Bonchev–Trinajstić information content (AvgIpc) is 2.87. The number of amides is 1. The van der Waals surface area contributed by atoms with Gasteiger partial charge in [-0.25, -0.2) is 8.78 Å². The summed E-state index contributed by atoms with van der Waals surface area (Å²) in [5, 5.41) is 0. The van der Waals surface area contributed by atoms with Gasteiger partial charge in [-0.2, -0.15) is 0 Å². The van der Waals surface area contributed by atoms with Gasteiger partial charge >= 0.3 is 0 Å². The topological polar surface area (TPSA) is 46.3 Å². The molecule has 0 fully saturated rings. The largest absolute Gasteiger partial charge is 0.398 e. The molecule has 2 aromatic carbocycles. The molecule has 1 amide bonds. The number of rotatable bonds is 1. The van der Waals surface area contributed by atoms with Crippen molar-refractivity contribution in [1.29, 1.82) is 0 Å². The van der Waals surface area contributed by atoms with Crippen molar-refractivity contribution in [1.82, 2.24) is 0 Å². The molecule has 2 aromatic rings. The van der Waals surface area contributed by atoms with Crippen LogP contribution in [0.25, 0.3) is 0 Å². The Labute approximate surface area is 121 Å². The predicted octanol–water partition coefficient (Wildman–Crippen LogP) is 3.06. The zero-order chi connectivity index (χ0) is 15.1. The summed E-state index contributed by atoms with van der Waals surface area (Å²) < 4.78 is 27.2. The average molecular weight is 288 g/mol. The van der Waals surface area contributed by atoms with E-state index < -0.39 is 17.5 Å². The van der Waals surface area contributed by atoms with Crippen LogP contribution in [0, 0.1) is 18.6 Å². The summed E-state index contributed by atoms with van der Waals surface area (Å²) in [6, 6.07) is 7.31. The first-order valence-electron chi connectivity index (χ1n) is 6.64. The van der Waals surface area contributed by atoms with Crippen LogP contribution in [0.5, 0.6) is 0 Å². The van der Waals surface area contributed by atoms with Crippen molar-refractivity contribution in [3.8, 4) is 0 Å². The molecule has 0 aliphatic carbocycles. The summed E-state index contributed by atoms with van der Waals surface area (Å²) in [5.74, 6) is -1.98. The minimum absolute atomic E-state index is 0.121. The van der Waals surface area contributed by atoms with Crippen molar-refractivity contribution in [3.05, 3.63) is 58.7 Å². The lowest BCUT2D eigenvalue weighted by Crippen LogP contribution is -2.29. The summed E-state index contributed by atoms with van der Waals surface area (Å²) in [7, 11) is 0. The normalized spacial score (nSPS) is 13.4. The Morgan fingerprint density at radius 2 is 2.00 bits per heavy atom. The van der Waals surface area contributed by atoms with Gasteiger partial charge in [0.25, 0.3) is 5.91 Å². The molecule has 0 aromatic heterocycles. The van der Waals surface area contributed by atoms with Crippen molar-refractivity contribution < 1.29 is 13.6 Å². The molecule has 0 atom stereocenters. The zero-order valence-electron chi connectivity index (χ0n) is 11.5. The van der Waals surface area contributed by atoms with Gasteiger partial charge < -0.3 is 10.6 Å². The number of carbonyl (C=O) groups is 1. The number of nitrogens with zero attached hydrogens (tertiary/aromatic N) is 1. The number of nitrogen functional groups attached to an aromatic ring is 1. The summed E-state index contributed by atoms with van der Waals surface area (Å²) in [4.78, 5) is 14.0. The SMILES string of the molecule is Cc1cc(C(=O)N2CCc3c(N)cccc32)c(F)cc1F. The van der Waals surface area contributed by atoms with Gasteiger partial charge in [-0.15, -0.1) is 0 Å². The summed E-state index contributed by atoms with van der Waals surface area (Å²) in [6.07, 6.45) is 0.634. The second-order valence-electron chi connectivity index (χ2n) is 5.13. The van der Waals surface area contributed by atoms with Crippen LogP contribution in [0.2, 0.25) is 0 Å². The molecule has 0 saturated carbocycles. The number of fused-ring (bicyclic) bond motifs is 1. The summed E-state index contributed by atoms with van der Waals surface area (Å²) in [5.41, 5.74) is 8.22. The van der Waals surface area contributed by atoms with E-state index in [4.69, 9.17) is 5.73 Å². The molecule has 1 aliphatic rings. The Balaban J connectivity index is 2.03. The first-order valence-corrected chi connectivity index (χ1v) is 6.64. The molecule has 0 unspecified atom stereocenters. The first-order chi connectivity index (χ1) is 9.99. The number of hydrogen-bond donors (Lipinski definition) is 1. The summed E-state index contributed by atoms with van der Waals surface area (Å²) >= 11 is 0. The molecule has 108 valence electrons. The minimum atomic E-state index is -0.847. The number of benzene rings is 2. The van der Waals surface area contributed by atoms with Crippen LogP contribution in [0.3, 0.4) is 0 Å². The summed E-state index contributed by atoms with van der Waals surface area (Å²) in [6.45, 7) is 1.94. The number of aryl methyl sites for hydroxylation is 1. The van der Waals surface area contributed by atoms with Crippen LogP contribution in [0.1, 0.15) is 21.5 Å². The van der Waals surface area contributed by atoms with Crippen molar-refractivity contribution in [3.63, 3.8) is 0 Å². The number of hydrogen-bond acceptors (Lipinski definition) is 2. The second kappa shape index (κ2) is 4.84. The molecule has 3 rings (SSSR count). The minimum Gasteiger partial charge on any atom is -0.398 e. The number of nitrogens with two attached hydrogens (primary N) is 1. The maximum absolute atomic E-state index is 13.9. The third-order valence-electron chi connectivity index (χ3n) is 3.79. The van der Waals surface area contributed by atoms with E-state index in [0.29, 0.717) is 24.3 Å². The molecule has 3 nitrogen and oxygen atoms in total. The van der Waals surface area contributed by atoms with Crippen LogP contribution in [0.15, 0.2) is 30.3 Å². The van der Waals surface area contributed by atoms with E-state index in [9.17, 15) is 13.6 Å². The molecule has 21 heavy (non-hydrogen) atoms. The van der Waals surface area contributed by atoms with Gasteiger partial charge in [-0.3, -0.25) is 4.79 Å². The monoisotopic (exact) mass is 288 g/mol. The number of anilines is 2. The molecule has 1 aliphatic heterocycles. The van der Waals surface area contributed by atoms with Crippen LogP contribution >= 0.6 is 0 Å². The Morgan fingerprint density at radius 3 is 2.76 bits per heavy atom. The van der Waals surface area contributed by atoms with Gasteiger partial charge in [0.05, 0.1) is 5.56 Å². The van der Waals surface area contributed by atoms with Crippen LogP contribution in [-0.2, 0) is 6.42 Å². The lowest BCUT2D eigenvalue weighted by Gasteiger charge is -2.18. The maximum atomic E-state index is 13.9. The Morgan fingerprint density at radius 1 is 1.24 bits per heavy atom. The van der Waals surface area contributed by atoms with Gasteiger partial charge in [0.15, 0.2) is 0 Å². The Kier molecular flexibility index (Phi) is 3.12. The number of halogens is 2. The lowest BCUT2D eigenvalue weighted by molar-refractivity contribution is 0.0985. The van der Waals surface area contributed by atoms with Crippen LogP contribution < -0.4 is 10.6 Å². The van der Waals surface area contributed by atoms with Gasteiger partial charge in [0.2, 0.25) is 0 Å². The second-order valence-corrected chi connectivity index (χ2v) is 5.13. The highest BCUT2D eigenvalue weighted by molar-refractivity contribution is 6.08. The molecule has 1 heterocycles. The van der Waals surface area contributed by atoms with Crippen molar-refractivity contribution in [2.75, 3.05) is 17.2 Å². The van der Waals surface area contributed by atoms with Crippen molar-refractivity contribution >= 4 is 17.3 Å². The van der Waals surface area contributed by atoms with E-state index >= 15 is 0 Å². The third kappa shape index (κ3) is 2.14. The fraction of sp³-hybridized carbons (Fsp3) is 0.188. The van der Waals surface area contributed by atoms with Crippen molar-refractivity contribution in [2.24, 2.45) is 0 Å². The highest BCUT2D eigenvalue weighted by Gasteiger charge is 2.28. The molecule has 2 N–H and O–H groups in total. The lowest BCUT2D eigenvalue weighted by atomic mass is 10.1. The maximum Gasteiger partial charge on any atom is 0.261 e. The molecule has 0 spiro atoms. The van der Waals surface area contributed by atoms with Crippen LogP contribution in [0.4, 0.5) is 20.2 Å². The molecule has 0 saturated heterocycles. The zero-order valence-corrected chi connectivity index (χ0v) is 11.5. The standard InChI is InChI=1S/C16H14F2N2O/c1-9-7-11(13(18)8-12(9)17)16(21)20-6-5-10-14(19)3-2-4-15(10)20/h2-4,7-8H,5-6,19H2,1H3. The van der Waals surface area contributed by atoms with Gasteiger partial charge in [0.1, 0.15) is 11.6 Å². The Hall–Kier alpha value is -2.43. The van der Waals surface area contributed by atoms with E-state index in [1.54, 1.807) is 18.2 Å². The van der Waals surface area contributed by atoms with Gasteiger partial charge in [-0.05, 0) is 37.1 Å². The van der Waals surface area contributed by atoms with E-state index in [2.05, 4.69) is 0 Å². The fourth-order valence-corrected chi connectivity index (χ4v) is 2.64. The van der Waals surface area contributed by atoms with E-state index in [-0.39, 0.29) is 11.1 Å². The predicted molar refractivity (Wildman–Crippen MR) is 77.3 cm³/mol. The highest BCUT2D eigenvalue weighted by Crippen LogP contribution is 2.33. The first kappa shape index (κ1) is 13.5. The molecular weight excluding hydrogens is 274 g/mol.